The summed E-state index contributed by atoms with van der Waals surface area (Å²) in [5, 5.41) is 0. The summed E-state index contributed by atoms with van der Waals surface area (Å²) in [4.78, 5) is 31.2. The molecule has 1 aromatic heterocycles. The summed E-state index contributed by atoms with van der Waals surface area (Å²) in [7, 11) is 0. The molecule has 35 heavy (non-hydrogen) atoms. The van der Waals surface area contributed by atoms with E-state index in [2.05, 4.69) is 9.72 Å². The zero-order chi connectivity index (χ0) is 25.5. The Kier molecular flexibility index (Phi) is 6.14. The lowest BCUT2D eigenvalue weighted by atomic mass is 10.1. The molecule has 1 saturated heterocycles. The van der Waals surface area contributed by atoms with E-state index in [1.165, 1.54) is 13.1 Å². The fraction of sp³-hybridized carbons (Fsp3) is 0.174. The molecule has 0 spiro atoms. The van der Waals surface area contributed by atoms with Crippen molar-refractivity contribution >= 4 is 17.6 Å². The summed E-state index contributed by atoms with van der Waals surface area (Å²) >= 11 is 0. The van der Waals surface area contributed by atoms with Gasteiger partial charge >= 0.3 is 12.4 Å². The van der Waals surface area contributed by atoms with Crippen molar-refractivity contribution in [1.29, 1.82) is 0 Å². The van der Waals surface area contributed by atoms with Gasteiger partial charge in [-0.25, -0.2) is 18.5 Å². The summed E-state index contributed by atoms with van der Waals surface area (Å²) < 4.78 is 83.3. The molecular formula is C23H15F6N3O3. The van der Waals surface area contributed by atoms with Gasteiger partial charge in [0.15, 0.2) is 11.6 Å². The predicted octanol–water partition coefficient (Wildman–Crippen LogP) is 5.42. The number of hydrogen-bond donors (Lipinski definition) is 0. The predicted molar refractivity (Wildman–Crippen MR) is 111 cm³/mol. The third-order valence-corrected chi connectivity index (χ3v) is 5.29. The molecule has 1 aliphatic heterocycles. The molecule has 1 fully saturated rings. The van der Waals surface area contributed by atoms with Gasteiger partial charge in [0.1, 0.15) is 6.04 Å². The second kappa shape index (κ2) is 8.93. The molecule has 3 amide bonds. The quantitative estimate of drug-likeness (QED) is 0.269. The number of aromatic nitrogens is 1. The molecule has 0 radical (unpaired) electrons. The van der Waals surface area contributed by atoms with Crippen molar-refractivity contribution in [3.63, 3.8) is 0 Å². The number of carbonyl (C=O) groups excluding carboxylic acids is 2. The van der Waals surface area contributed by atoms with Crippen LogP contribution in [-0.4, -0.2) is 34.2 Å². The zero-order valence-corrected chi connectivity index (χ0v) is 17.8. The van der Waals surface area contributed by atoms with E-state index in [-0.39, 0.29) is 17.5 Å². The van der Waals surface area contributed by atoms with Crippen LogP contribution in [0.1, 0.15) is 12.5 Å². The van der Waals surface area contributed by atoms with Crippen molar-refractivity contribution in [2.45, 2.75) is 25.9 Å². The van der Waals surface area contributed by atoms with Gasteiger partial charge in [-0.15, -0.1) is 13.2 Å². The molecule has 0 N–H and O–H groups in total. The normalized spacial score (nSPS) is 16.3. The van der Waals surface area contributed by atoms with Crippen LogP contribution in [0.2, 0.25) is 0 Å². The van der Waals surface area contributed by atoms with E-state index < -0.39 is 53.2 Å². The van der Waals surface area contributed by atoms with E-state index in [0.717, 1.165) is 10.5 Å². The van der Waals surface area contributed by atoms with Crippen molar-refractivity contribution < 1.29 is 40.7 Å². The Labute approximate surface area is 194 Å². The summed E-state index contributed by atoms with van der Waals surface area (Å²) in [6, 6.07) is 10.2. The van der Waals surface area contributed by atoms with Crippen molar-refractivity contribution in [2.75, 3.05) is 4.90 Å². The van der Waals surface area contributed by atoms with E-state index in [1.54, 1.807) is 12.1 Å². The fourth-order valence-corrected chi connectivity index (χ4v) is 3.61. The van der Waals surface area contributed by atoms with Gasteiger partial charge < -0.3 is 9.64 Å². The van der Waals surface area contributed by atoms with Gasteiger partial charge in [-0.05, 0) is 24.6 Å². The van der Waals surface area contributed by atoms with Gasteiger partial charge in [0.25, 0.3) is 5.91 Å². The van der Waals surface area contributed by atoms with Crippen LogP contribution in [-0.2, 0) is 11.3 Å². The molecule has 0 aliphatic carbocycles. The average Bonchev–Trinajstić information content (AvgIpc) is 3.02. The van der Waals surface area contributed by atoms with E-state index in [0.29, 0.717) is 11.3 Å². The Hall–Kier alpha value is -4.09. The zero-order valence-electron chi connectivity index (χ0n) is 17.8. The first-order valence-electron chi connectivity index (χ1n) is 10.1. The summed E-state index contributed by atoms with van der Waals surface area (Å²) in [6.07, 6.45) is -4.00. The van der Waals surface area contributed by atoms with E-state index >= 15 is 0 Å². The minimum Gasteiger partial charge on any atom is -0.399 e. The van der Waals surface area contributed by atoms with Crippen molar-refractivity contribution in [2.24, 2.45) is 0 Å². The number of amides is 3. The topological polar surface area (TPSA) is 62.7 Å². The third-order valence-electron chi connectivity index (χ3n) is 5.29. The maximum absolute atomic E-state index is 14.6. The molecule has 1 aliphatic rings. The Morgan fingerprint density at radius 2 is 1.69 bits per heavy atom. The standard InChI is InChI=1S/C23H15F6N3O3/c1-12-21(33)32(17-10-15(24)20(19(26)18(17)25)35-23(27,28)29)22(34)31(12)11-13-7-8-30-16(9-13)14-5-3-2-4-6-14/h2-10,12H,11H2,1H3. The molecule has 182 valence electrons. The Morgan fingerprint density at radius 1 is 1.00 bits per heavy atom. The lowest BCUT2D eigenvalue weighted by molar-refractivity contribution is -0.276. The van der Waals surface area contributed by atoms with Crippen LogP contribution in [0.3, 0.4) is 0 Å². The van der Waals surface area contributed by atoms with Gasteiger partial charge in [-0.2, -0.15) is 4.39 Å². The Morgan fingerprint density at radius 3 is 2.34 bits per heavy atom. The first-order valence-corrected chi connectivity index (χ1v) is 10.1. The number of hydrogen-bond acceptors (Lipinski definition) is 4. The molecular weight excluding hydrogens is 480 g/mol. The SMILES string of the molecule is CC1C(=O)N(c2cc(F)c(OC(F)(F)F)c(F)c2F)C(=O)N1Cc1ccnc(-c2ccccc2)c1. The largest absolute Gasteiger partial charge is 0.573 e. The Balaban J connectivity index is 1.64. The fourth-order valence-electron chi connectivity index (χ4n) is 3.61. The molecule has 2 heterocycles. The molecule has 0 saturated carbocycles. The highest BCUT2D eigenvalue weighted by Gasteiger charge is 2.46. The highest BCUT2D eigenvalue weighted by atomic mass is 19.4. The molecule has 6 nitrogen and oxygen atoms in total. The summed E-state index contributed by atoms with van der Waals surface area (Å²) in [5.41, 5.74) is 0.766. The number of alkyl halides is 3. The highest BCUT2D eigenvalue weighted by molar-refractivity contribution is 6.21. The number of ether oxygens (including phenoxy) is 1. The number of halogens is 6. The second-order valence-corrected chi connectivity index (χ2v) is 7.56. The monoisotopic (exact) mass is 495 g/mol. The maximum Gasteiger partial charge on any atom is 0.573 e. The van der Waals surface area contributed by atoms with Gasteiger partial charge in [0.2, 0.25) is 11.6 Å². The smallest absolute Gasteiger partial charge is 0.399 e. The minimum absolute atomic E-state index is 0.103. The molecule has 1 atom stereocenters. The molecule has 12 heteroatoms. The first kappa shape index (κ1) is 24.0. The van der Waals surface area contributed by atoms with Gasteiger partial charge in [0, 0.05) is 24.4 Å². The van der Waals surface area contributed by atoms with E-state index in [1.807, 2.05) is 30.3 Å². The number of rotatable bonds is 5. The molecule has 4 rings (SSSR count). The number of imide groups is 1. The van der Waals surface area contributed by atoms with Crippen LogP contribution >= 0.6 is 0 Å². The number of carbonyl (C=O) groups is 2. The van der Waals surface area contributed by atoms with Crippen LogP contribution < -0.4 is 9.64 Å². The molecule has 0 bridgehead atoms. The molecule has 3 aromatic rings. The van der Waals surface area contributed by atoms with Gasteiger partial charge in [0.05, 0.1) is 11.4 Å². The van der Waals surface area contributed by atoms with Gasteiger partial charge in [-0.1, -0.05) is 30.3 Å². The van der Waals surface area contributed by atoms with Crippen LogP contribution in [0.25, 0.3) is 11.3 Å². The van der Waals surface area contributed by atoms with Crippen LogP contribution in [0.5, 0.6) is 5.75 Å². The highest BCUT2D eigenvalue weighted by Crippen LogP contribution is 2.37. The number of anilines is 1. The first-order chi connectivity index (χ1) is 16.5. The van der Waals surface area contributed by atoms with E-state index in [4.69, 9.17) is 0 Å². The van der Waals surface area contributed by atoms with Crippen molar-refractivity contribution in [3.05, 3.63) is 77.7 Å². The number of benzene rings is 2. The minimum atomic E-state index is -5.50. The molecule has 1 unspecified atom stereocenters. The van der Waals surface area contributed by atoms with Crippen LogP contribution in [0.4, 0.5) is 36.8 Å². The summed E-state index contributed by atoms with van der Waals surface area (Å²) in [6.45, 7) is 1.19. The van der Waals surface area contributed by atoms with E-state index in [9.17, 15) is 35.9 Å². The second-order valence-electron chi connectivity index (χ2n) is 7.56. The van der Waals surface area contributed by atoms with Crippen LogP contribution in [0.15, 0.2) is 54.7 Å². The van der Waals surface area contributed by atoms with Crippen LogP contribution in [0, 0.1) is 17.5 Å². The maximum atomic E-state index is 14.6. The summed E-state index contributed by atoms with van der Waals surface area (Å²) in [5.74, 6) is -9.37. The number of nitrogens with zero attached hydrogens (tertiary/aromatic N) is 3. The number of urea groups is 1. The third kappa shape index (κ3) is 4.63. The average molecular weight is 495 g/mol. The van der Waals surface area contributed by atoms with Crippen molar-refractivity contribution in [3.8, 4) is 17.0 Å². The van der Waals surface area contributed by atoms with Gasteiger partial charge in [-0.3, -0.25) is 9.78 Å². The van der Waals surface area contributed by atoms with Crippen molar-refractivity contribution in [1.82, 2.24) is 9.88 Å². The lowest BCUT2D eigenvalue weighted by Gasteiger charge is -2.20. The number of pyridine rings is 1. The lowest BCUT2D eigenvalue weighted by Crippen LogP contribution is -2.34. The Bertz CT molecular complexity index is 1300. The molecule has 2 aromatic carbocycles.